The molecule has 9 heteroatoms. The molecule has 0 unspecified atom stereocenters. The summed E-state index contributed by atoms with van der Waals surface area (Å²) in [5.74, 6) is 1.02. The largest absolute Gasteiger partial charge is 0.454 e. The van der Waals surface area contributed by atoms with Gasteiger partial charge in [-0.2, -0.15) is 17.0 Å². The highest BCUT2D eigenvalue weighted by Crippen LogP contribution is 2.34. The van der Waals surface area contributed by atoms with E-state index in [1.54, 1.807) is 26.8 Å². The Bertz CT molecular complexity index is 813. The van der Waals surface area contributed by atoms with E-state index in [-0.39, 0.29) is 18.6 Å². The third-order valence-corrected chi connectivity index (χ3v) is 7.72. The molecule has 0 spiro atoms. The van der Waals surface area contributed by atoms with Crippen LogP contribution >= 0.6 is 0 Å². The Morgan fingerprint density at radius 3 is 2.29 bits per heavy atom. The molecule has 1 aromatic carbocycles. The molecule has 8 nitrogen and oxygen atoms in total. The van der Waals surface area contributed by atoms with Gasteiger partial charge in [0.05, 0.1) is 0 Å². The Morgan fingerprint density at radius 1 is 0.929 bits per heavy atom. The molecule has 28 heavy (non-hydrogen) atoms. The molecule has 0 aromatic heterocycles. The molecular weight excluding hydrogens is 382 g/mol. The number of piperidine rings is 1. The Balaban J connectivity index is 1.32. The zero-order valence-electron chi connectivity index (χ0n) is 15.9. The fourth-order valence-electron chi connectivity index (χ4n) is 4.00. The standard InChI is InChI=1S/C19H27N3O5S/c23-19(20-16-5-6-17-18(13-16)27-14-26-17)15-7-11-22(12-8-15)28(24,25)21-9-3-1-2-4-10-21/h5-6,13,15H,1-4,7-12,14H2,(H,20,23). The summed E-state index contributed by atoms with van der Waals surface area (Å²) in [4.78, 5) is 12.6. The minimum Gasteiger partial charge on any atom is -0.454 e. The molecule has 1 amide bonds. The van der Waals surface area contributed by atoms with E-state index in [0.717, 1.165) is 25.7 Å². The van der Waals surface area contributed by atoms with E-state index in [9.17, 15) is 13.2 Å². The molecule has 3 aliphatic rings. The summed E-state index contributed by atoms with van der Waals surface area (Å²) in [6.07, 6.45) is 5.09. The summed E-state index contributed by atoms with van der Waals surface area (Å²) in [5, 5.41) is 2.91. The number of rotatable bonds is 4. The lowest BCUT2D eigenvalue weighted by Crippen LogP contribution is -2.48. The van der Waals surface area contributed by atoms with E-state index in [4.69, 9.17) is 9.47 Å². The van der Waals surface area contributed by atoms with Crippen LogP contribution in [-0.4, -0.2) is 55.9 Å². The number of benzene rings is 1. The third-order valence-electron chi connectivity index (χ3n) is 5.68. The van der Waals surface area contributed by atoms with Crippen LogP contribution in [0.1, 0.15) is 38.5 Å². The van der Waals surface area contributed by atoms with Crippen molar-refractivity contribution in [2.45, 2.75) is 38.5 Å². The third kappa shape index (κ3) is 4.11. The number of fused-ring (bicyclic) bond motifs is 1. The van der Waals surface area contributed by atoms with Gasteiger partial charge >= 0.3 is 0 Å². The van der Waals surface area contributed by atoms with Crippen LogP contribution in [0.3, 0.4) is 0 Å². The van der Waals surface area contributed by atoms with Crippen molar-refractivity contribution in [3.63, 3.8) is 0 Å². The molecule has 0 bridgehead atoms. The minimum atomic E-state index is -3.42. The Labute approximate surface area is 166 Å². The fraction of sp³-hybridized carbons (Fsp3) is 0.632. The number of nitrogens with one attached hydrogen (secondary N) is 1. The van der Waals surface area contributed by atoms with Crippen molar-refractivity contribution in [3.8, 4) is 11.5 Å². The first-order valence-corrected chi connectivity index (χ1v) is 11.4. The minimum absolute atomic E-state index is 0.0781. The van der Waals surface area contributed by atoms with Gasteiger partial charge in [-0.3, -0.25) is 4.79 Å². The smallest absolute Gasteiger partial charge is 0.281 e. The van der Waals surface area contributed by atoms with Gasteiger partial charge in [0, 0.05) is 43.9 Å². The van der Waals surface area contributed by atoms with E-state index in [1.807, 2.05) is 0 Å². The van der Waals surface area contributed by atoms with Gasteiger partial charge in [0.15, 0.2) is 11.5 Å². The van der Waals surface area contributed by atoms with Crippen molar-refractivity contribution in [3.05, 3.63) is 18.2 Å². The van der Waals surface area contributed by atoms with Gasteiger partial charge in [-0.05, 0) is 37.8 Å². The Kier molecular flexibility index (Phi) is 5.75. The fourth-order valence-corrected chi connectivity index (χ4v) is 5.72. The predicted octanol–water partition coefficient (Wildman–Crippen LogP) is 2.19. The summed E-state index contributed by atoms with van der Waals surface area (Å²) in [6, 6.07) is 5.30. The van der Waals surface area contributed by atoms with Crippen LogP contribution in [-0.2, 0) is 15.0 Å². The summed E-state index contributed by atoms with van der Waals surface area (Å²) in [6.45, 7) is 2.17. The molecule has 2 fully saturated rings. The number of hydrogen-bond donors (Lipinski definition) is 1. The first kappa shape index (κ1) is 19.5. The molecular formula is C19H27N3O5S. The topological polar surface area (TPSA) is 88.2 Å². The maximum absolute atomic E-state index is 12.9. The second-order valence-corrected chi connectivity index (χ2v) is 9.48. The van der Waals surface area contributed by atoms with E-state index in [2.05, 4.69) is 5.32 Å². The second-order valence-electron chi connectivity index (χ2n) is 7.55. The van der Waals surface area contributed by atoms with Crippen LogP contribution in [0, 0.1) is 5.92 Å². The normalized spacial score (nSPS) is 22.0. The van der Waals surface area contributed by atoms with E-state index in [0.29, 0.717) is 56.2 Å². The summed E-state index contributed by atoms with van der Waals surface area (Å²) < 4.78 is 39.6. The Hall–Kier alpha value is -1.84. The maximum atomic E-state index is 12.9. The molecule has 3 aliphatic heterocycles. The first-order valence-electron chi connectivity index (χ1n) is 10.00. The van der Waals surface area contributed by atoms with Crippen molar-refractivity contribution < 1.29 is 22.7 Å². The lowest BCUT2D eigenvalue weighted by atomic mass is 9.97. The van der Waals surface area contributed by atoms with Crippen LogP contribution < -0.4 is 14.8 Å². The van der Waals surface area contributed by atoms with Crippen molar-refractivity contribution in [1.82, 2.24) is 8.61 Å². The molecule has 1 N–H and O–H groups in total. The highest BCUT2D eigenvalue weighted by molar-refractivity contribution is 7.86. The Morgan fingerprint density at radius 2 is 1.57 bits per heavy atom. The van der Waals surface area contributed by atoms with Crippen LogP contribution in [0.5, 0.6) is 11.5 Å². The molecule has 154 valence electrons. The average molecular weight is 410 g/mol. The predicted molar refractivity (Wildman–Crippen MR) is 104 cm³/mol. The van der Waals surface area contributed by atoms with E-state index >= 15 is 0 Å². The monoisotopic (exact) mass is 409 g/mol. The summed E-state index contributed by atoms with van der Waals surface area (Å²) in [7, 11) is -3.42. The van der Waals surface area contributed by atoms with Crippen molar-refractivity contribution in [2.24, 2.45) is 5.92 Å². The van der Waals surface area contributed by atoms with E-state index < -0.39 is 10.2 Å². The van der Waals surface area contributed by atoms with Gasteiger partial charge in [0.1, 0.15) is 0 Å². The average Bonchev–Trinajstić information content (AvgIpc) is 2.98. The van der Waals surface area contributed by atoms with Gasteiger partial charge < -0.3 is 14.8 Å². The van der Waals surface area contributed by atoms with Crippen LogP contribution in [0.2, 0.25) is 0 Å². The van der Waals surface area contributed by atoms with Crippen LogP contribution in [0.25, 0.3) is 0 Å². The van der Waals surface area contributed by atoms with Crippen molar-refractivity contribution in [1.29, 1.82) is 0 Å². The van der Waals surface area contributed by atoms with Crippen LogP contribution in [0.4, 0.5) is 5.69 Å². The van der Waals surface area contributed by atoms with Gasteiger partial charge in [0.25, 0.3) is 10.2 Å². The summed E-state index contributed by atoms with van der Waals surface area (Å²) >= 11 is 0. The highest BCUT2D eigenvalue weighted by Gasteiger charge is 2.35. The molecule has 0 radical (unpaired) electrons. The number of hydrogen-bond acceptors (Lipinski definition) is 5. The second kappa shape index (κ2) is 8.26. The zero-order valence-corrected chi connectivity index (χ0v) is 16.7. The number of nitrogens with zero attached hydrogens (tertiary/aromatic N) is 2. The SMILES string of the molecule is O=C(Nc1ccc2c(c1)OCO2)C1CCN(S(=O)(=O)N2CCCCCC2)CC1. The first-order chi connectivity index (χ1) is 13.5. The van der Waals surface area contributed by atoms with Crippen molar-refractivity contribution >= 4 is 21.8 Å². The number of amides is 1. The lowest BCUT2D eigenvalue weighted by molar-refractivity contribution is -0.120. The number of anilines is 1. The highest BCUT2D eigenvalue weighted by atomic mass is 32.2. The number of ether oxygens (including phenoxy) is 2. The van der Waals surface area contributed by atoms with Gasteiger partial charge in [-0.25, -0.2) is 0 Å². The molecule has 0 aliphatic carbocycles. The quantitative estimate of drug-likeness (QED) is 0.824. The van der Waals surface area contributed by atoms with E-state index in [1.165, 1.54) is 0 Å². The number of carbonyl (C=O) groups excluding carboxylic acids is 1. The molecule has 2 saturated heterocycles. The van der Waals surface area contributed by atoms with Crippen LogP contribution in [0.15, 0.2) is 18.2 Å². The zero-order chi connectivity index (χ0) is 19.6. The lowest BCUT2D eigenvalue weighted by Gasteiger charge is -2.34. The molecule has 0 saturated carbocycles. The molecule has 3 heterocycles. The van der Waals surface area contributed by atoms with Crippen molar-refractivity contribution in [2.75, 3.05) is 38.3 Å². The molecule has 1 aromatic rings. The van der Waals surface area contributed by atoms with Gasteiger partial charge in [-0.15, -0.1) is 0 Å². The number of carbonyl (C=O) groups is 1. The molecule has 4 rings (SSSR count). The maximum Gasteiger partial charge on any atom is 0.281 e. The van der Waals surface area contributed by atoms with Gasteiger partial charge in [0.2, 0.25) is 12.7 Å². The van der Waals surface area contributed by atoms with Gasteiger partial charge in [-0.1, -0.05) is 12.8 Å². The molecule has 0 atom stereocenters. The summed E-state index contributed by atoms with van der Waals surface area (Å²) in [5.41, 5.74) is 0.661.